The largest absolute Gasteiger partial charge is 0.471 e. The Hall–Kier alpha value is -1.57. The third-order valence-corrected chi connectivity index (χ3v) is 3.92. The highest BCUT2D eigenvalue weighted by atomic mass is 79.9. The third kappa shape index (κ3) is 4.22. The number of carbonyl (C=O) groups excluding carboxylic acids is 2. The normalized spacial score (nSPS) is 16.5. The van der Waals surface area contributed by atoms with Gasteiger partial charge in [-0.1, -0.05) is 15.9 Å². The molecule has 1 aromatic rings. The average molecular weight is 380 g/mol. The summed E-state index contributed by atoms with van der Waals surface area (Å²) in [5, 5.41) is 0. The van der Waals surface area contributed by atoms with Gasteiger partial charge in [0.15, 0.2) is 0 Å². The number of hydrogen-bond acceptors (Lipinski definition) is 3. The molecule has 8 heteroatoms. The van der Waals surface area contributed by atoms with E-state index < -0.39 is 24.0 Å². The number of likely N-dealkylation sites (tertiary alicyclic amines) is 1. The van der Waals surface area contributed by atoms with Crippen LogP contribution < -0.4 is 4.74 Å². The second-order valence-electron chi connectivity index (χ2n) is 4.94. The number of esters is 1. The molecule has 0 unspecified atom stereocenters. The van der Waals surface area contributed by atoms with Gasteiger partial charge in [-0.2, -0.15) is 13.2 Å². The lowest BCUT2D eigenvalue weighted by Crippen LogP contribution is -2.46. The highest BCUT2D eigenvalue weighted by Gasteiger charge is 2.43. The maximum absolute atomic E-state index is 12.3. The van der Waals surface area contributed by atoms with E-state index in [1.807, 2.05) is 0 Å². The first-order valence-electron chi connectivity index (χ1n) is 6.61. The topological polar surface area (TPSA) is 46.6 Å². The number of amides is 1. The van der Waals surface area contributed by atoms with Gasteiger partial charge in [-0.05, 0) is 37.1 Å². The summed E-state index contributed by atoms with van der Waals surface area (Å²) < 4.78 is 43.0. The highest BCUT2D eigenvalue weighted by molar-refractivity contribution is 9.10. The van der Waals surface area contributed by atoms with Crippen molar-refractivity contribution in [2.75, 3.05) is 13.1 Å². The van der Waals surface area contributed by atoms with E-state index in [0.29, 0.717) is 5.75 Å². The Labute approximate surface area is 133 Å². The summed E-state index contributed by atoms with van der Waals surface area (Å²) in [6.45, 7) is -0.198. The molecule has 2 rings (SSSR count). The number of rotatable bonds is 2. The quantitative estimate of drug-likeness (QED) is 0.585. The molecular weight excluding hydrogens is 367 g/mol. The monoisotopic (exact) mass is 379 g/mol. The number of benzene rings is 1. The molecule has 0 aromatic heterocycles. The molecule has 0 spiro atoms. The van der Waals surface area contributed by atoms with Crippen LogP contribution in [-0.2, 0) is 9.59 Å². The number of hydrogen-bond donors (Lipinski definition) is 0. The lowest BCUT2D eigenvalue weighted by molar-refractivity contribution is -0.187. The summed E-state index contributed by atoms with van der Waals surface area (Å²) in [5.41, 5.74) is 0. The third-order valence-electron chi connectivity index (χ3n) is 3.39. The van der Waals surface area contributed by atoms with Crippen LogP contribution in [0.25, 0.3) is 0 Å². The molecule has 0 aliphatic carbocycles. The average Bonchev–Trinajstić information content (AvgIpc) is 2.48. The minimum Gasteiger partial charge on any atom is -0.426 e. The number of nitrogens with zero attached hydrogens (tertiary/aromatic N) is 1. The molecule has 0 bridgehead atoms. The summed E-state index contributed by atoms with van der Waals surface area (Å²) in [4.78, 5) is 23.8. The minimum atomic E-state index is -4.87. The second-order valence-corrected chi connectivity index (χ2v) is 5.85. The zero-order valence-corrected chi connectivity index (χ0v) is 13.0. The molecule has 120 valence electrons. The molecule has 1 amide bonds. The van der Waals surface area contributed by atoms with Crippen molar-refractivity contribution in [2.24, 2.45) is 5.92 Å². The van der Waals surface area contributed by atoms with Gasteiger partial charge in [-0.15, -0.1) is 0 Å². The summed E-state index contributed by atoms with van der Waals surface area (Å²) >= 11 is 3.25. The van der Waals surface area contributed by atoms with E-state index in [-0.39, 0.29) is 25.9 Å². The van der Waals surface area contributed by atoms with E-state index in [2.05, 4.69) is 15.9 Å². The van der Waals surface area contributed by atoms with Crippen LogP contribution in [-0.4, -0.2) is 36.0 Å². The first kappa shape index (κ1) is 16.8. The van der Waals surface area contributed by atoms with Crippen LogP contribution >= 0.6 is 15.9 Å². The molecule has 1 aliphatic rings. The van der Waals surface area contributed by atoms with Crippen LogP contribution in [0.1, 0.15) is 12.8 Å². The van der Waals surface area contributed by atoms with Crippen molar-refractivity contribution in [2.45, 2.75) is 19.0 Å². The molecule has 1 aromatic carbocycles. The fourth-order valence-corrected chi connectivity index (χ4v) is 2.46. The van der Waals surface area contributed by atoms with Crippen molar-refractivity contribution >= 4 is 27.8 Å². The van der Waals surface area contributed by atoms with Crippen molar-refractivity contribution in [1.82, 2.24) is 4.90 Å². The van der Waals surface area contributed by atoms with Crippen LogP contribution in [0, 0.1) is 5.92 Å². The summed E-state index contributed by atoms with van der Waals surface area (Å²) in [5.74, 6) is -2.46. The van der Waals surface area contributed by atoms with Gasteiger partial charge in [0.1, 0.15) is 5.75 Å². The van der Waals surface area contributed by atoms with Crippen LogP contribution in [0.4, 0.5) is 13.2 Å². The van der Waals surface area contributed by atoms with Gasteiger partial charge in [0.05, 0.1) is 5.92 Å². The molecule has 0 N–H and O–H groups in total. The van der Waals surface area contributed by atoms with Gasteiger partial charge in [0.25, 0.3) is 0 Å². The molecule has 0 saturated carbocycles. The molecule has 1 aliphatic heterocycles. The number of ether oxygens (including phenoxy) is 1. The Morgan fingerprint density at radius 3 is 2.18 bits per heavy atom. The lowest BCUT2D eigenvalue weighted by Gasteiger charge is -2.31. The first-order valence-corrected chi connectivity index (χ1v) is 7.40. The number of halogens is 4. The molecular formula is C14H13BrF3NO3. The van der Waals surface area contributed by atoms with Crippen LogP contribution in [0.15, 0.2) is 28.7 Å². The summed E-state index contributed by atoms with van der Waals surface area (Å²) in [7, 11) is 0. The van der Waals surface area contributed by atoms with E-state index >= 15 is 0 Å². The Morgan fingerprint density at radius 1 is 1.14 bits per heavy atom. The number of alkyl halides is 3. The number of carbonyl (C=O) groups is 2. The molecule has 1 saturated heterocycles. The first-order chi connectivity index (χ1) is 10.3. The molecule has 4 nitrogen and oxygen atoms in total. The fourth-order valence-electron chi connectivity index (χ4n) is 2.20. The lowest BCUT2D eigenvalue weighted by atomic mass is 9.97. The van der Waals surface area contributed by atoms with Crippen molar-refractivity contribution < 1.29 is 27.5 Å². The maximum atomic E-state index is 12.3. The summed E-state index contributed by atoms with van der Waals surface area (Å²) in [6, 6.07) is 6.66. The van der Waals surface area contributed by atoms with Gasteiger partial charge in [-0.25, -0.2) is 0 Å². The van der Waals surface area contributed by atoms with Crippen molar-refractivity contribution in [3.05, 3.63) is 28.7 Å². The van der Waals surface area contributed by atoms with E-state index in [1.54, 1.807) is 24.3 Å². The van der Waals surface area contributed by atoms with E-state index in [4.69, 9.17) is 4.74 Å². The zero-order chi connectivity index (χ0) is 16.3. The van der Waals surface area contributed by atoms with Crippen molar-refractivity contribution in [1.29, 1.82) is 0 Å². The van der Waals surface area contributed by atoms with Gasteiger partial charge < -0.3 is 9.64 Å². The Morgan fingerprint density at radius 2 is 1.68 bits per heavy atom. The van der Waals surface area contributed by atoms with Gasteiger partial charge >= 0.3 is 18.1 Å². The van der Waals surface area contributed by atoms with Crippen LogP contribution in [0.2, 0.25) is 0 Å². The highest BCUT2D eigenvalue weighted by Crippen LogP contribution is 2.25. The molecule has 0 atom stereocenters. The minimum absolute atomic E-state index is 0.0988. The van der Waals surface area contributed by atoms with Crippen LogP contribution in [0.5, 0.6) is 5.75 Å². The van der Waals surface area contributed by atoms with Crippen LogP contribution in [0.3, 0.4) is 0 Å². The Balaban J connectivity index is 1.87. The molecule has 22 heavy (non-hydrogen) atoms. The predicted molar refractivity (Wildman–Crippen MR) is 75.1 cm³/mol. The second kappa shape index (κ2) is 6.68. The molecule has 0 radical (unpaired) electrons. The van der Waals surface area contributed by atoms with E-state index in [1.165, 1.54) is 0 Å². The van der Waals surface area contributed by atoms with Gasteiger partial charge in [0, 0.05) is 17.6 Å². The Bertz CT molecular complexity index is 551. The van der Waals surface area contributed by atoms with E-state index in [9.17, 15) is 22.8 Å². The fraction of sp³-hybridized carbons (Fsp3) is 0.429. The van der Waals surface area contributed by atoms with Gasteiger partial charge in [-0.3, -0.25) is 9.59 Å². The van der Waals surface area contributed by atoms with E-state index in [0.717, 1.165) is 9.37 Å². The zero-order valence-electron chi connectivity index (χ0n) is 11.4. The maximum Gasteiger partial charge on any atom is 0.471 e. The summed E-state index contributed by atoms with van der Waals surface area (Å²) in [6.07, 6.45) is -4.54. The molecule has 1 heterocycles. The van der Waals surface area contributed by atoms with Crippen molar-refractivity contribution in [3.63, 3.8) is 0 Å². The molecule has 1 fully saturated rings. The van der Waals surface area contributed by atoms with Crippen molar-refractivity contribution in [3.8, 4) is 5.75 Å². The predicted octanol–water partition coefficient (Wildman–Crippen LogP) is 3.16. The van der Waals surface area contributed by atoms with Gasteiger partial charge in [0.2, 0.25) is 0 Å². The smallest absolute Gasteiger partial charge is 0.426 e. The standard InChI is InChI=1S/C14H13BrF3NO3/c15-10-1-3-11(4-2-10)22-12(20)9-5-7-19(8-6-9)13(21)14(16,17)18/h1-4,9H,5-8H2. The Kier molecular flexibility index (Phi) is 5.10. The number of piperidine rings is 1. The SMILES string of the molecule is O=C(Oc1ccc(Br)cc1)C1CCN(C(=O)C(F)(F)F)CC1.